The van der Waals surface area contributed by atoms with Crippen LogP contribution in [0.3, 0.4) is 0 Å². The largest absolute Gasteiger partial charge is 0.481 e. The van der Waals surface area contributed by atoms with Crippen molar-refractivity contribution in [3.63, 3.8) is 0 Å². The zero-order valence-corrected chi connectivity index (χ0v) is 15.5. The minimum Gasteiger partial charge on any atom is -0.481 e. The van der Waals surface area contributed by atoms with Gasteiger partial charge in [0.2, 0.25) is 0 Å². The van der Waals surface area contributed by atoms with Crippen LogP contribution in [0.2, 0.25) is 0 Å². The molecule has 2 rings (SSSR count). The van der Waals surface area contributed by atoms with Crippen LogP contribution < -0.4 is 14.8 Å². The number of ether oxygens (including phenoxy) is 1. The lowest BCUT2D eigenvalue weighted by Gasteiger charge is -2.14. The number of sulfonamides is 1. The van der Waals surface area contributed by atoms with Gasteiger partial charge in [-0.25, -0.2) is 8.42 Å². The molecule has 1 amide bonds. The third kappa shape index (κ3) is 4.51. The maximum atomic E-state index is 12.5. The molecule has 6 nitrogen and oxygen atoms in total. The first-order chi connectivity index (χ1) is 11.7. The minimum absolute atomic E-state index is 0.119. The van der Waals surface area contributed by atoms with Gasteiger partial charge in [0.15, 0.2) is 6.10 Å². The summed E-state index contributed by atoms with van der Waals surface area (Å²) in [4.78, 5) is 11.6. The van der Waals surface area contributed by atoms with E-state index >= 15 is 0 Å². The number of carbonyl (C=O) groups excluding carboxylic acids is 1. The SMILES string of the molecule is CNC(=O)[C@@H](C)Oc1ccc(S(=O)(=O)Nc2cccc(C)c2C)cc1. The lowest BCUT2D eigenvalue weighted by atomic mass is 10.1. The molecule has 0 unspecified atom stereocenters. The van der Waals surface area contributed by atoms with Crippen molar-refractivity contribution in [3.8, 4) is 5.75 Å². The van der Waals surface area contributed by atoms with Gasteiger partial charge in [-0.05, 0) is 62.2 Å². The van der Waals surface area contributed by atoms with Gasteiger partial charge in [0.1, 0.15) is 5.75 Å². The minimum atomic E-state index is -3.70. The van der Waals surface area contributed by atoms with E-state index in [0.29, 0.717) is 11.4 Å². The summed E-state index contributed by atoms with van der Waals surface area (Å²) in [6, 6.07) is 11.4. The van der Waals surface area contributed by atoms with E-state index in [9.17, 15) is 13.2 Å². The lowest BCUT2D eigenvalue weighted by molar-refractivity contribution is -0.126. The fourth-order valence-corrected chi connectivity index (χ4v) is 3.35. The zero-order valence-electron chi connectivity index (χ0n) is 14.7. The molecule has 0 aliphatic carbocycles. The van der Waals surface area contributed by atoms with Crippen LogP contribution >= 0.6 is 0 Å². The van der Waals surface area contributed by atoms with E-state index in [1.165, 1.54) is 31.3 Å². The number of likely N-dealkylation sites (N-methyl/N-ethyl adjacent to an activating group) is 1. The van der Waals surface area contributed by atoms with Crippen molar-refractivity contribution in [1.29, 1.82) is 0 Å². The number of benzene rings is 2. The highest BCUT2D eigenvalue weighted by Crippen LogP contribution is 2.23. The van der Waals surface area contributed by atoms with E-state index in [-0.39, 0.29) is 10.8 Å². The summed E-state index contributed by atoms with van der Waals surface area (Å²) in [6.45, 7) is 5.41. The summed E-state index contributed by atoms with van der Waals surface area (Å²) in [7, 11) is -2.18. The van der Waals surface area contributed by atoms with E-state index in [1.54, 1.807) is 19.1 Å². The van der Waals surface area contributed by atoms with Crippen LogP contribution in [-0.2, 0) is 14.8 Å². The number of rotatable bonds is 6. The third-order valence-electron chi connectivity index (χ3n) is 3.91. The molecule has 0 aliphatic rings. The van der Waals surface area contributed by atoms with Crippen LogP contribution in [0.15, 0.2) is 47.4 Å². The second-order valence-corrected chi connectivity index (χ2v) is 7.38. The Morgan fingerprint density at radius 2 is 1.72 bits per heavy atom. The predicted molar refractivity (Wildman–Crippen MR) is 97.3 cm³/mol. The molecule has 0 aromatic heterocycles. The summed E-state index contributed by atoms with van der Waals surface area (Å²) in [5, 5.41) is 2.49. The molecule has 0 saturated carbocycles. The van der Waals surface area contributed by atoms with E-state index in [2.05, 4.69) is 10.0 Å². The number of anilines is 1. The molecule has 0 heterocycles. The molecule has 0 spiro atoms. The lowest BCUT2D eigenvalue weighted by Crippen LogP contribution is -2.33. The van der Waals surface area contributed by atoms with E-state index in [1.807, 2.05) is 19.9 Å². The number of aryl methyl sites for hydroxylation is 1. The topological polar surface area (TPSA) is 84.5 Å². The molecule has 2 N–H and O–H groups in total. The van der Waals surface area contributed by atoms with E-state index < -0.39 is 16.1 Å². The number of hydrogen-bond donors (Lipinski definition) is 2. The molecule has 0 radical (unpaired) electrons. The Hall–Kier alpha value is -2.54. The Morgan fingerprint density at radius 3 is 2.32 bits per heavy atom. The summed E-state index contributed by atoms with van der Waals surface area (Å²) in [5.41, 5.74) is 2.44. The average Bonchev–Trinajstić information content (AvgIpc) is 2.58. The van der Waals surface area contributed by atoms with Crippen LogP contribution in [0.5, 0.6) is 5.75 Å². The first kappa shape index (κ1) is 18.8. The van der Waals surface area contributed by atoms with Crippen molar-refractivity contribution in [2.45, 2.75) is 31.8 Å². The van der Waals surface area contributed by atoms with Crippen LogP contribution in [0.25, 0.3) is 0 Å². The number of hydrogen-bond acceptors (Lipinski definition) is 4. The Labute approximate surface area is 148 Å². The Morgan fingerprint density at radius 1 is 1.08 bits per heavy atom. The Kier molecular flexibility index (Phi) is 5.69. The fraction of sp³-hybridized carbons (Fsp3) is 0.278. The number of carbonyl (C=O) groups is 1. The van der Waals surface area contributed by atoms with Crippen molar-refractivity contribution < 1.29 is 17.9 Å². The van der Waals surface area contributed by atoms with Crippen molar-refractivity contribution in [2.24, 2.45) is 0 Å². The van der Waals surface area contributed by atoms with Gasteiger partial charge in [-0.2, -0.15) is 0 Å². The van der Waals surface area contributed by atoms with Gasteiger partial charge in [0.25, 0.3) is 15.9 Å². The van der Waals surface area contributed by atoms with Gasteiger partial charge >= 0.3 is 0 Å². The average molecular weight is 362 g/mol. The quantitative estimate of drug-likeness (QED) is 0.827. The molecule has 0 bridgehead atoms. The van der Waals surface area contributed by atoms with Crippen molar-refractivity contribution in [3.05, 3.63) is 53.6 Å². The summed E-state index contributed by atoms with van der Waals surface area (Å²) >= 11 is 0. The van der Waals surface area contributed by atoms with E-state index in [4.69, 9.17) is 4.74 Å². The van der Waals surface area contributed by atoms with E-state index in [0.717, 1.165) is 11.1 Å². The molecule has 0 aliphatic heterocycles. The summed E-state index contributed by atoms with van der Waals surface area (Å²) in [5.74, 6) is 0.162. The normalized spacial score (nSPS) is 12.3. The van der Waals surface area contributed by atoms with Crippen LogP contribution in [-0.4, -0.2) is 27.5 Å². The van der Waals surface area contributed by atoms with Crippen molar-refractivity contribution in [2.75, 3.05) is 11.8 Å². The molecule has 1 atom stereocenters. The maximum absolute atomic E-state index is 12.5. The molecule has 0 saturated heterocycles. The molecule has 134 valence electrons. The number of amides is 1. The van der Waals surface area contributed by atoms with Crippen molar-refractivity contribution in [1.82, 2.24) is 5.32 Å². The monoisotopic (exact) mass is 362 g/mol. The van der Waals surface area contributed by atoms with Gasteiger partial charge in [0.05, 0.1) is 10.6 Å². The molecular formula is C18H22N2O4S. The standard InChI is InChI=1S/C18H22N2O4S/c1-12-6-5-7-17(13(12)2)20-25(22,23)16-10-8-15(9-11-16)24-14(3)18(21)19-4/h5-11,14,20H,1-4H3,(H,19,21)/t14-/m1/s1. The highest BCUT2D eigenvalue weighted by Gasteiger charge is 2.17. The predicted octanol–water partition coefficient (Wildman–Crippen LogP) is 2.62. The Bertz CT molecular complexity index is 861. The Balaban J connectivity index is 2.17. The first-order valence-electron chi connectivity index (χ1n) is 7.82. The highest BCUT2D eigenvalue weighted by atomic mass is 32.2. The summed E-state index contributed by atoms with van der Waals surface area (Å²) < 4.78 is 33.1. The molecule has 2 aromatic carbocycles. The molecule has 7 heteroatoms. The molecular weight excluding hydrogens is 340 g/mol. The second-order valence-electron chi connectivity index (χ2n) is 5.70. The highest BCUT2D eigenvalue weighted by molar-refractivity contribution is 7.92. The fourth-order valence-electron chi connectivity index (χ4n) is 2.22. The molecule has 25 heavy (non-hydrogen) atoms. The smallest absolute Gasteiger partial charge is 0.261 e. The number of nitrogens with one attached hydrogen (secondary N) is 2. The van der Waals surface area contributed by atoms with Gasteiger partial charge in [-0.1, -0.05) is 12.1 Å². The van der Waals surface area contributed by atoms with Gasteiger partial charge < -0.3 is 10.1 Å². The molecule has 0 fully saturated rings. The maximum Gasteiger partial charge on any atom is 0.261 e. The summed E-state index contributed by atoms with van der Waals surface area (Å²) in [6.07, 6.45) is -0.666. The van der Waals surface area contributed by atoms with Crippen LogP contribution in [0, 0.1) is 13.8 Å². The molecule has 2 aromatic rings. The van der Waals surface area contributed by atoms with Crippen LogP contribution in [0.1, 0.15) is 18.1 Å². The van der Waals surface area contributed by atoms with Gasteiger partial charge in [0, 0.05) is 7.05 Å². The first-order valence-corrected chi connectivity index (χ1v) is 9.30. The zero-order chi connectivity index (χ0) is 18.6. The third-order valence-corrected chi connectivity index (χ3v) is 5.29. The van der Waals surface area contributed by atoms with Gasteiger partial charge in [-0.15, -0.1) is 0 Å². The van der Waals surface area contributed by atoms with Crippen LogP contribution in [0.4, 0.5) is 5.69 Å². The van der Waals surface area contributed by atoms with Gasteiger partial charge in [-0.3, -0.25) is 9.52 Å². The second kappa shape index (κ2) is 7.57. The van der Waals surface area contributed by atoms with Crippen molar-refractivity contribution >= 4 is 21.6 Å².